The van der Waals surface area contributed by atoms with Crippen molar-refractivity contribution in [1.29, 1.82) is 0 Å². The number of thioether (sulfide) groups is 1. The van der Waals surface area contributed by atoms with Crippen LogP contribution in [0, 0.1) is 0 Å². The van der Waals surface area contributed by atoms with E-state index in [1.54, 1.807) is 24.5 Å². The lowest BCUT2D eigenvalue weighted by molar-refractivity contribution is 0.0950. The maximum Gasteiger partial charge on any atom is 0.251 e. The third kappa shape index (κ3) is 6.16. The second kappa shape index (κ2) is 10.6. The molecule has 31 heavy (non-hydrogen) atoms. The summed E-state index contributed by atoms with van der Waals surface area (Å²) >= 11 is 7.72. The first-order valence-corrected chi connectivity index (χ1v) is 11.3. The topological polar surface area (TPSA) is 80.2 Å². The number of aromatic nitrogens is 3. The first kappa shape index (κ1) is 21.5. The van der Waals surface area contributed by atoms with E-state index >= 15 is 0 Å². The van der Waals surface area contributed by atoms with E-state index in [1.165, 1.54) is 11.8 Å². The number of morpholine rings is 1. The summed E-state index contributed by atoms with van der Waals surface area (Å²) in [5, 5.41) is 3.95. The normalized spacial score (nSPS) is 13.8. The number of pyridine rings is 1. The van der Waals surface area contributed by atoms with Gasteiger partial charge in [0.2, 0.25) is 0 Å². The van der Waals surface area contributed by atoms with Crippen molar-refractivity contribution >= 4 is 35.1 Å². The molecule has 0 radical (unpaired) electrons. The van der Waals surface area contributed by atoms with Gasteiger partial charge in [0.1, 0.15) is 11.0 Å². The standard InChI is InChI=1S/C22H22ClN5O2S/c23-19-12-20(28-7-9-30-10-8-28)27-22(26-19)31-15-16-3-1-5-18(11-16)21(29)25-14-17-4-2-6-24-13-17/h1-6,11-13H,7-10,14-15H2,(H,25,29). The number of nitrogens with zero attached hydrogens (tertiary/aromatic N) is 4. The highest BCUT2D eigenvalue weighted by Crippen LogP contribution is 2.25. The van der Waals surface area contributed by atoms with Gasteiger partial charge in [0.25, 0.3) is 5.91 Å². The smallest absolute Gasteiger partial charge is 0.251 e. The fraction of sp³-hybridized carbons (Fsp3) is 0.273. The Hall–Kier alpha value is -2.68. The molecule has 2 aromatic heterocycles. The zero-order valence-corrected chi connectivity index (χ0v) is 18.4. The summed E-state index contributed by atoms with van der Waals surface area (Å²) in [4.78, 5) is 27.7. The van der Waals surface area contributed by atoms with Crippen LogP contribution in [-0.2, 0) is 17.0 Å². The highest BCUT2D eigenvalue weighted by Gasteiger charge is 2.15. The maximum atomic E-state index is 12.5. The molecule has 3 aromatic rings. The maximum absolute atomic E-state index is 12.5. The molecule has 1 aliphatic rings. The van der Waals surface area contributed by atoms with Crippen LogP contribution in [0.25, 0.3) is 0 Å². The molecule has 0 aliphatic carbocycles. The molecule has 0 saturated carbocycles. The molecule has 0 unspecified atom stereocenters. The fourth-order valence-corrected chi connectivity index (χ4v) is 4.17. The number of carbonyl (C=O) groups is 1. The molecule has 1 aliphatic heterocycles. The lowest BCUT2D eigenvalue weighted by Gasteiger charge is -2.27. The van der Waals surface area contributed by atoms with Crippen LogP contribution in [0.5, 0.6) is 0 Å². The van der Waals surface area contributed by atoms with Crippen LogP contribution < -0.4 is 10.2 Å². The number of hydrogen-bond donors (Lipinski definition) is 1. The molecule has 7 nitrogen and oxygen atoms in total. The van der Waals surface area contributed by atoms with Crippen LogP contribution in [0.2, 0.25) is 5.15 Å². The molecule has 0 bridgehead atoms. The van der Waals surface area contributed by atoms with Gasteiger partial charge in [-0.2, -0.15) is 0 Å². The Morgan fingerprint density at radius 2 is 1.97 bits per heavy atom. The van der Waals surface area contributed by atoms with E-state index in [0.29, 0.717) is 41.4 Å². The van der Waals surface area contributed by atoms with E-state index in [1.807, 2.05) is 30.3 Å². The highest BCUT2D eigenvalue weighted by atomic mass is 35.5. The van der Waals surface area contributed by atoms with Crippen molar-refractivity contribution < 1.29 is 9.53 Å². The summed E-state index contributed by atoms with van der Waals surface area (Å²) in [5.41, 5.74) is 2.58. The molecule has 1 aromatic carbocycles. The number of ether oxygens (including phenoxy) is 1. The first-order valence-electron chi connectivity index (χ1n) is 9.93. The average Bonchev–Trinajstić information content (AvgIpc) is 2.82. The Labute approximate surface area is 190 Å². The fourth-order valence-electron chi connectivity index (χ4n) is 3.14. The Morgan fingerprint density at radius 1 is 1.13 bits per heavy atom. The van der Waals surface area contributed by atoms with Crippen LogP contribution in [0.3, 0.4) is 0 Å². The van der Waals surface area contributed by atoms with Crippen LogP contribution in [0.4, 0.5) is 5.82 Å². The number of rotatable bonds is 7. The van der Waals surface area contributed by atoms with E-state index in [9.17, 15) is 4.79 Å². The van der Waals surface area contributed by atoms with Crippen molar-refractivity contribution in [2.45, 2.75) is 17.5 Å². The molecule has 0 atom stereocenters. The van der Waals surface area contributed by atoms with Crippen molar-refractivity contribution in [2.24, 2.45) is 0 Å². The van der Waals surface area contributed by atoms with Gasteiger partial charge in [-0.15, -0.1) is 0 Å². The molecular formula is C22H22ClN5O2S. The Balaban J connectivity index is 1.38. The summed E-state index contributed by atoms with van der Waals surface area (Å²) in [7, 11) is 0. The zero-order valence-electron chi connectivity index (χ0n) is 16.8. The molecule has 0 spiro atoms. The van der Waals surface area contributed by atoms with Gasteiger partial charge in [0.05, 0.1) is 13.2 Å². The van der Waals surface area contributed by atoms with Gasteiger partial charge in [-0.3, -0.25) is 9.78 Å². The Morgan fingerprint density at radius 3 is 2.77 bits per heavy atom. The molecule has 4 rings (SSSR count). The minimum Gasteiger partial charge on any atom is -0.378 e. The lowest BCUT2D eigenvalue weighted by atomic mass is 10.1. The minimum atomic E-state index is -0.121. The largest absolute Gasteiger partial charge is 0.378 e. The Bertz CT molecular complexity index is 1030. The number of halogens is 1. The van der Waals surface area contributed by atoms with Gasteiger partial charge >= 0.3 is 0 Å². The number of nitrogens with one attached hydrogen (secondary N) is 1. The van der Waals surface area contributed by atoms with E-state index < -0.39 is 0 Å². The van der Waals surface area contributed by atoms with Gasteiger partial charge in [-0.05, 0) is 29.3 Å². The van der Waals surface area contributed by atoms with E-state index in [4.69, 9.17) is 16.3 Å². The quantitative estimate of drug-likeness (QED) is 0.331. The summed E-state index contributed by atoms with van der Waals surface area (Å²) in [6.45, 7) is 3.37. The van der Waals surface area contributed by atoms with Crippen molar-refractivity contribution in [3.8, 4) is 0 Å². The molecule has 9 heteroatoms. The van der Waals surface area contributed by atoms with Gasteiger partial charge in [-0.1, -0.05) is 41.6 Å². The summed E-state index contributed by atoms with van der Waals surface area (Å²) in [5.74, 6) is 1.32. The van der Waals surface area contributed by atoms with Crippen molar-refractivity contribution in [1.82, 2.24) is 20.3 Å². The molecule has 1 fully saturated rings. The third-order valence-corrected chi connectivity index (χ3v) is 5.84. The van der Waals surface area contributed by atoms with Crippen LogP contribution in [-0.4, -0.2) is 47.2 Å². The summed E-state index contributed by atoms with van der Waals surface area (Å²) < 4.78 is 5.40. The van der Waals surface area contributed by atoms with Gasteiger partial charge in [0, 0.05) is 49.4 Å². The second-order valence-electron chi connectivity index (χ2n) is 6.96. The monoisotopic (exact) mass is 455 g/mol. The molecule has 160 valence electrons. The van der Waals surface area contributed by atoms with Crippen molar-refractivity contribution in [3.05, 3.63) is 76.7 Å². The predicted molar refractivity (Wildman–Crippen MR) is 121 cm³/mol. The third-order valence-electron chi connectivity index (χ3n) is 4.73. The Kier molecular flexibility index (Phi) is 7.35. The number of anilines is 1. The second-order valence-corrected chi connectivity index (χ2v) is 8.29. The average molecular weight is 456 g/mol. The first-order chi connectivity index (χ1) is 15.2. The lowest BCUT2D eigenvalue weighted by Crippen LogP contribution is -2.36. The summed E-state index contributed by atoms with van der Waals surface area (Å²) in [6.07, 6.45) is 3.45. The van der Waals surface area contributed by atoms with Crippen molar-refractivity contribution in [2.75, 3.05) is 31.2 Å². The molecule has 3 heterocycles. The zero-order chi connectivity index (χ0) is 21.5. The SMILES string of the molecule is O=C(NCc1cccnc1)c1cccc(CSc2nc(Cl)cc(N3CCOCC3)n2)c1. The molecule has 1 saturated heterocycles. The van der Waals surface area contributed by atoms with Crippen LogP contribution >= 0.6 is 23.4 Å². The predicted octanol–water partition coefficient (Wildman–Crippen LogP) is 3.58. The number of hydrogen-bond acceptors (Lipinski definition) is 7. The van der Waals surface area contributed by atoms with Crippen molar-refractivity contribution in [3.63, 3.8) is 0 Å². The van der Waals surface area contributed by atoms with E-state index in [-0.39, 0.29) is 5.91 Å². The summed E-state index contributed by atoms with van der Waals surface area (Å²) in [6, 6.07) is 13.1. The van der Waals surface area contributed by atoms with Crippen LogP contribution in [0.1, 0.15) is 21.5 Å². The minimum absolute atomic E-state index is 0.121. The van der Waals surface area contributed by atoms with Crippen LogP contribution in [0.15, 0.2) is 60.0 Å². The van der Waals surface area contributed by atoms with Gasteiger partial charge < -0.3 is 15.0 Å². The highest BCUT2D eigenvalue weighted by molar-refractivity contribution is 7.98. The van der Waals surface area contributed by atoms with E-state index in [0.717, 1.165) is 30.0 Å². The van der Waals surface area contributed by atoms with E-state index in [2.05, 4.69) is 25.2 Å². The number of benzene rings is 1. The van der Waals surface area contributed by atoms with Gasteiger partial charge in [-0.25, -0.2) is 9.97 Å². The molecule has 1 N–H and O–H groups in total. The number of amides is 1. The number of carbonyl (C=O) groups excluding carboxylic acids is 1. The van der Waals surface area contributed by atoms with Gasteiger partial charge in [0.15, 0.2) is 5.16 Å². The molecule has 1 amide bonds. The molecular weight excluding hydrogens is 434 g/mol.